The van der Waals surface area contributed by atoms with E-state index in [1.165, 1.54) is 45.2 Å². The Bertz CT molecular complexity index is 214. The Morgan fingerprint density at radius 1 is 1.24 bits per heavy atom. The van der Waals surface area contributed by atoms with Crippen molar-refractivity contribution in [3.05, 3.63) is 0 Å². The van der Waals surface area contributed by atoms with Gasteiger partial charge in [0.05, 0.1) is 0 Å². The Kier molecular flexibility index (Phi) is 6.32. The van der Waals surface area contributed by atoms with Crippen LogP contribution < -0.4 is 0 Å². The lowest BCUT2D eigenvalue weighted by molar-refractivity contribution is 0.0245. The first-order chi connectivity index (χ1) is 8.04. The predicted octanol–water partition coefficient (Wildman–Crippen LogP) is 2.75. The van der Waals surface area contributed by atoms with Crippen molar-refractivity contribution >= 4 is 12.6 Å². The Hall–Kier alpha value is 0.270. The van der Waals surface area contributed by atoms with Crippen molar-refractivity contribution in [2.24, 2.45) is 5.92 Å². The Morgan fingerprint density at radius 3 is 2.24 bits per heavy atom. The normalized spacial score (nSPS) is 20.6. The molecule has 0 heterocycles. The van der Waals surface area contributed by atoms with E-state index in [0.717, 1.165) is 11.7 Å². The van der Waals surface area contributed by atoms with Crippen molar-refractivity contribution in [3.8, 4) is 0 Å². The third-order valence-corrected chi connectivity index (χ3v) is 4.84. The van der Waals surface area contributed by atoms with E-state index in [4.69, 9.17) is 0 Å². The van der Waals surface area contributed by atoms with Crippen LogP contribution in [0, 0.1) is 5.92 Å². The van der Waals surface area contributed by atoms with Crippen molar-refractivity contribution in [2.45, 2.75) is 44.6 Å². The molecule has 1 atom stereocenters. The van der Waals surface area contributed by atoms with Gasteiger partial charge < -0.3 is 9.80 Å². The smallest absolute Gasteiger partial charge is 0.0330 e. The summed E-state index contributed by atoms with van der Waals surface area (Å²) >= 11 is 4.48. The molecule has 1 fully saturated rings. The van der Waals surface area contributed by atoms with Gasteiger partial charge in [0.25, 0.3) is 0 Å². The molecule has 0 aromatic rings. The molecule has 0 bridgehead atoms. The third-order valence-electron chi connectivity index (χ3n) is 4.32. The maximum absolute atomic E-state index is 4.48. The van der Waals surface area contributed by atoms with Gasteiger partial charge >= 0.3 is 0 Å². The minimum Gasteiger partial charge on any atom is -0.304 e. The van der Waals surface area contributed by atoms with E-state index in [1.807, 2.05) is 0 Å². The number of hydrogen-bond donors (Lipinski definition) is 1. The molecule has 0 radical (unpaired) electrons. The van der Waals surface area contributed by atoms with Crippen molar-refractivity contribution in [2.75, 3.05) is 40.0 Å². The highest BCUT2D eigenvalue weighted by atomic mass is 32.1. The van der Waals surface area contributed by atoms with E-state index in [9.17, 15) is 0 Å². The fourth-order valence-electron chi connectivity index (χ4n) is 2.99. The molecule has 0 saturated heterocycles. The minimum atomic E-state index is 0.460. The zero-order chi connectivity index (χ0) is 12.9. The van der Waals surface area contributed by atoms with Gasteiger partial charge in [-0.05, 0) is 58.5 Å². The number of thiol groups is 1. The second-order valence-corrected chi connectivity index (χ2v) is 6.37. The molecule has 102 valence electrons. The van der Waals surface area contributed by atoms with Crippen LogP contribution >= 0.6 is 12.6 Å². The van der Waals surface area contributed by atoms with Gasteiger partial charge in [0.1, 0.15) is 0 Å². The molecule has 3 heteroatoms. The van der Waals surface area contributed by atoms with E-state index >= 15 is 0 Å². The maximum Gasteiger partial charge on any atom is 0.0330 e. The van der Waals surface area contributed by atoms with Crippen LogP contribution in [0.4, 0.5) is 0 Å². The maximum atomic E-state index is 4.48. The van der Waals surface area contributed by atoms with Gasteiger partial charge in [0.15, 0.2) is 0 Å². The van der Waals surface area contributed by atoms with Crippen LogP contribution in [0.25, 0.3) is 0 Å². The van der Waals surface area contributed by atoms with Gasteiger partial charge in [-0.2, -0.15) is 12.6 Å². The third kappa shape index (κ3) is 4.15. The van der Waals surface area contributed by atoms with Gasteiger partial charge in [-0.25, -0.2) is 0 Å². The largest absolute Gasteiger partial charge is 0.304 e. The summed E-state index contributed by atoms with van der Waals surface area (Å²) in [4.78, 5) is 4.96. The topological polar surface area (TPSA) is 6.48 Å². The molecular formula is C14H30N2S. The molecule has 0 spiro atoms. The van der Waals surface area contributed by atoms with Crippen molar-refractivity contribution in [3.63, 3.8) is 0 Å². The Balaban J connectivity index is 2.39. The highest BCUT2D eigenvalue weighted by Crippen LogP contribution is 2.36. The summed E-state index contributed by atoms with van der Waals surface area (Å²) in [7, 11) is 6.74. The van der Waals surface area contributed by atoms with E-state index < -0.39 is 0 Å². The molecule has 1 unspecified atom stereocenters. The number of nitrogens with zero attached hydrogens (tertiary/aromatic N) is 2. The second-order valence-electron chi connectivity index (χ2n) is 6.01. The van der Waals surface area contributed by atoms with Crippen molar-refractivity contribution in [1.29, 1.82) is 0 Å². The Morgan fingerprint density at radius 2 is 1.88 bits per heavy atom. The van der Waals surface area contributed by atoms with E-state index in [1.54, 1.807) is 0 Å². The van der Waals surface area contributed by atoms with E-state index in [2.05, 4.69) is 50.5 Å². The Labute approximate surface area is 113 Å². The summed E-state index contributed by atoms with van der Waals surface area (Å²) in [5.41, 5.74) is 0.460. The average molecular weight is 258 g/mol. The fraction of sp³-hybridized carbons (Fsp3) is 1.00. The van der Waals surface area contributed by atoms with Crippen LogP contribution in [0.2, 0.25) is 0 Å². The van der Waals surface area contributed by atoms with Gasteiger partial charge in [0.2, 0.25) is 0 Å². The standard InChI is InChI=1S/C14H30N2S/c1-5-7-13(11-17)10-16(4)12-14(15(2)3)8-6-9-14/h13,17H,5-12H2,1-4H3. The summed E-state index contributed by atoms with van der Waals surface area (Å²) in [6.45, 7) is 4.69. The zero-order valence-corrected chi connectivity index (χ0v) is 13.0. The van der Waals surface area contributed by atoms with E-state index in [-0.39, 0.29) is 0 Å². The first kappa shape index (κ1) is 15.3. The van der Waals surface area contributed by atoms with Gasteiger partial charge in [-0.15, -0.1) is 0 Å². The van der Waals surface area contributed by atoms with Crippen LogP contribution in [0.15, 0.2) is 0 Å². The van der Waals surface area contributed by atoms with Crippen LogP contribution in [0.3, 0.4) is 0 Å². The van der Waals surface area contributed by atoms with Gasteiger partial charge in [-0.1, -0.05) is 13.3 Å². The summed E-state index contributed by atoms with van der Waals surface area (Å²) in [6, 6.07) is 0. The van der Waals surface area contributed by atoms with Gasteiger partial charge in [0, 0.05) is 18.6 Å². The zero-order valence-electron chi connectivity index (χ0n) is 12.1. The van der Waals surface area contributed by atoms with Gasteiger partial charge in [-0.3, -0.25) is 0 Å². The minimum absolute atomic E-state index is 0.460. The number of hydrogen-bond acceptors (Lipinski definition) is 3. The molecule has 0 N–H and O–H groups in total. The van der Waals surface area contributed by atoms with Crippen LogP contribution in [0.1, 0.15) is 39.0 Å². The number of rotatable bonds is 8. The molecule has 0 aliphatic heterocycles. The van der Waals surface area contributed by atoms with E-state index in [0.29, 0.717) is 5.54 Å². The molecular weight excluding hydrogens is 228 g/mol. The van der Waals surface area contributed by atoms with Crippen molar-refractivity contribution < 1.29 is 0 Å². The molecule has 0 aromatic carbocycles. The molecule has 1 aliphatic carbocycles. The summed E-state index contributed by atoms with van der Waals surface area (Å²) in [5.74, 6) is 1.78. The van der Waals surface area contributed by atoms with Crippen molar-refractivity contribution in [1.82, 2.24) is 9.80 Å². The molecule has 1 rings (SSSR count). The summed E-state index contributed by atoms with van der Waals surface area (Å²) in [6.07, 6.45) is 6.71. The molecule has 0 amide bonds. The van der Waals surface area contributed by atoms with Crippen LogP contribution in [-0.4, -0.2) is 55.3 Å². The fourth-order valence-corrected chi connectivity index (χ4v) is 3.29. The van der Waals surface area contributed by atoms with Crippen LogP contribution in [0.5, 0.6) is 0 Å². The molecule has 1 saturated carbocycles. The first-order valence-corrected chi connectivity index (χ1v) is 7.64. The second kappa shape index (κ2) is 7.01. The monoisotopic (exact) mass is 258 g/mol. The molecule has 0 aromatic heterocycles. The molecule has 2 nitrogen and oxygen atoms in total. The quantitative estimate of drug-likeness (QED) is 0.669. The highest BCUT2D eigenvalue weighted by Gasteiger charge is 2.39. The first-order valence-electron chi connectivity index (χ1n) is 7.01. The lowest BCUT2D eigenvalue weighted by atomic mass is 9.75. The van der Waals surface area contributed by atoms with Crippen LogP contribution in [-0.2, 0) is 0 Å². The lowest BCUT2D eigenvalue weighted by Crippen LogP contribution is -2.57. The average Bonchev–Trinajstić information content (AvgIpc) is 2.22. The molecule has 17 heavy (non-hydrogen) atoms. The predicted molar refractivity (Wildman–Crippen MR) is 80.0 cm³/mol. The molecule has 1 aliphatic rings. The highest BCUT2D eigenvalue weighted by molar-refractivity contribution is 7.80. The lowest BCUT2D eigenvalue weighted by Gasteiger charge is -2.49. The number of likely N-dealkylation sites (N-methyl/N-ethyl adjacent to an activating group) is 2. The SMILES string of the molecule is CCCC(CS)CN(C)CC1(N(C)C)CCC1. The summed E-state index contributed by atoms with van der Waals surface area (Å²) in [5, 5.41) is 0. The summed E-state index contributed by atoms with van der Waals surface area (Å²) < 4.78 is 0.